The number of Topliss-reactive ketones (excluding diaryl/α,β-unsaturated/α-hetero) is 1. The second-order valence-electron chi connectivity index (χ2n) is 4.99. The standard InChI is InChI=1S/C16H20O6/c1-10(18)4-13-5-15(8-21-11(2)19)16(6-14(13)7-17)9-22-12(3)20/h5-6,17H,4,7-9H2,1-3H3. The van der Waals surface area contributed by atoms with Gasteiger partial charge in [0, 0.05) is 20.3 Å². The SMILES string of the molecule is CC(=O)Cc1cc(COC(C)=O)c(COC(C)=O)cc1CO. The van der Waals surface area contributed by atoms with Crippen LogP contribution in [-0.2, 0) is 50.1 Å². The van der Waals surface area contributed by atoms with Gasteiger partial charge in [0.25, 0.3) is 0 Å². The van der Waals surface area contributed by atoms with Crippen LogP contribution in [0, 0.1) is 0 Å². The zero-order chi connectivity index (χ0) is 16.7. The summed E-state index contributed by atoms with van der Waals surface area (Å²) in [4.78, 5) is 33.3. The van der Waals surface area contributed by atoms with Crippen LogP contribution in [0.2, 0.25) is 0 Å². The van der Waals surface area contributed by atoms with E-state index in [9.17, 15) is 19.5 Å². The van der Waals surface area contributed by atoms with Crippen molar-refractivity contribution in [2.24, 2.45) is 0 Å². The van der Waals surface area contributed by atoms with Crippen molar-refractivity contribution in [3.63, 3.8) is 0 Å². The highest BCUT2D eigenvalue weighted by Gasteiger charge is 2.13. The summed E-state index contributed by atoms with van der Waals surface area (Å²) in [5.74, 6) is -0.907. The predicted octanol–water partition coefficient (Wildman–Crippen LogP) is 1.44. The van der Waals surface area contributed by atoms with E-state index in [0.717, 1.165) is 0 Å². The Morgan fingerprint density at radius 2 is 1.32 bits per heavy atom. The molecular weight excluding hydrogens is 288 g/mol. The Labute approximate surface area is 129 Å². The molecule has 0 saturated carbocycles. The molecule has 6 heteroatoms. The van der Waals surface area contributed by atoms with Gasteiger partial charge in [-0.3, -0.25) is 14.4 Å². The van der Waals surface area contributed by atoms with E-state index < -0.39 is 11.9 Å². The second kappa shape index (κ2) is 8.29. The third-order valence-electron chi connectivity index (χ3n) is 2.99. The lowest BCUT2D eigenvalue weighted by Gasteiger charge is -2.15. The second-order valence-corrected chi connectivity index (χ2v) is 4.99. The van der Waals surface area contributed by atoms with Gasteiger partial charge in [0.2, 0.25) is 0 Å². The van der Waals surface area contributed by atoms with Gasteiger partial charge in [0.1, 0.15) is 19.0 Å². The number of ether oxygens (including phenoxy) is 2. The molecule has 0 unspecified atom stereocenters. The highest BCUT2D eigenvalue weighted by atomic mass is 16.5. The van der Waals surface area contributed by atoms with Crippen molar-refractivity contribution in [2.75, 3.05) is 0 Å². The molecule has 120 valence electrons. The minimum absolute atomic E-state index is 0.0132. The molecule has 22 heavy (non-hydrogen) atoms. The number of aliphatic hydroxyl groups excluding tert-OH is 1. The molecule has 6 nitrogen and oxygen atoms in total. The van der Waals surface area contributed by atoms with Crippen LogP contribution in [0.4, 0.5) is 0 Å². The highest BCUT2D eigenvalue weighted by Crippen LogP contribution is 2.21. The first-order valence-corrected chi connectivity index (χ1v) is 6.84. The van der Waals surface area contributed by atoms with Gasteiger partial charge < -0.3 is 14.6 Å². The van der Waals surface area contributed by atoms with E-state index in [-0.39, 0.29) is 32.0 Å². The lowest BCUT2D eigenvalue weighted by Crippen LogP contribution is -2.09. The summed E-state index contributed by atoms with van der Waals surface area (Å²) in [6, 6.07) is 3.37. The number of carbonyl (C=O) groups is 3. The molecule has 0 saturated heterocycles. The molecule has 1 aromatic rings. The molecular formula is C16H20O6. The minimum atomic E-state index is -0.434. The Balaban J connectivity index is 3.16. The molecule has 0 fully saturated rings. The van der Waals surface area contributed by atoms with Gasteiger partial charge >= 0.3 is 11.9 Å². The molecule has 0 bridgehead atoms. The van der Waals surface area contributed by atoms with Crippen molar-refractivity contribution >= 4 is 17.7 Å². The summed E-state index contributed by atoms with van der Waals surface area (Å²) in [5.41, 5.74) is 2.53. The van der Waals surface area contributed by atoms with E-state index in [1.807, 2.05) is 0 Å². The number of esters is 2. The average molecular weight is 308 g/mol. The molecule has 0 aliphatic rings. The van der Waals surface area contributed by atoms with Gasteiger partial charge in [-0.2, -0.15) is 0 Å². The first-order chi connectivity index (χ1) is 10.3. The zero-order valence-electron chi connectivity index (χ0n) is 13.0. The van der Waals surface area contributed by atoms with Gasteiger partial charge in [0.15, 0.2) is 0 Å². The number of carbonyl (C=O) groups excluding carboxylic acids is 3. The maximum absolute atomic E-state index is 11.3. The molecule has 0 spiro atoms. The number of rotatable bonds is 7. The lowest BCUT2D eigenvalue weighted by atomic mass is 9.96. The summed E-state index contributed by atoms with van der Waals surface area (Å²) in [6.45, 7) is 3.85. The topological polar surface area (TPSA) is 89.9 Å². The Hall–Kier alpha value is -2.21. The molecule has 1 N–H and O–H groups in total. The van der Waals surface area contributed by atoms with E-state index in [1.54, 1.807) is 12.1 Å². The van der Waals surface area contributed by atoms with Gasteiger partial charge in [-0.1, -0.05) is 6.07 Å². The van der Waals surface area contributed by atoms with E-state index >= 15 is 0 Å². The van der Waals surface area contributed by atoms with Crippen LogP contribution < -0.4 is 0 Å². The van der Waals surface area contributed by atoms with Gasteiger partial charge in [-0.05, 0) is 35.2 Å². The number of aliphatic hydroxyl groups is 1. The van der Waals surface area contributed by atoms with Crippen molar-refractivity contribution in [3.05, 3.63) is 34.4 Å². The first kappa shape index (κ1) is 17.8. The van der Waals surface area contributed by atoms with E-state index in [0.29, 0.717) is 22.3 Å². The largest absolute Gasteiger partial charge is 0.461 e. The van der Waals surface area contributed by atoms with Crippen LogP contribution in [-0.4, -0.2) is 22.8 Å². The molecule has 0 aliphatic heterocycles. The first-order valence-electron chi connectivity index (χ1n) is 6.84. The molecule has 0 atom stereocenters. The van der Waals surface area contributed by atoms with E-state index in [2.05, 4.69) is 0 Å². The zero-order valence-corrected chi connectivity index (χ0v) is 13.0. The summed E-state index contributed by atoms with van der Waals surface area (Å²) in [7, 11) is 0. The third kappa shape index (κ3) is 5.65. The smallest absolute Gasteiger partial charge is 0.302 e. The van der Waals surface area contributed by atoms with Crippen molar-refractivity contribution in [1.29, 1.82) is 0 Å². The highest BCUT2D eigenvalue weighted by molar-refractivity contribution is 5.78. The monoisotopic (exact) mass is 308 g/mol. The third-order valence-corrected chi connectivity index (χ3v) is 2.99. The quantitative estimate of drug-likeness (QED) is 0.767. The van der Waals surface area contributed by atoms with Crippen LogP contribution >= 0.6 is 0 Å². The fourth-order valence-electron chi connectivity index (χ4n) is 2.00. The van der Waals surface area contributed by atoms with Crippen LogP contribution in [0.15, 0.2) is 12.1 Å². The fourth-order valence-corrected chi connectivity index (χ4v) is 2.00. The molecule has 0 aliphatic carbocycles. The van der Waals surface area contributed by atoms with Crippen LogP contribution in [0.1, 0.15) is 43.0 Å². The maximum Gasteiger partial charge on any atom is 0.302 e. The number of benzene rings is 1. The summed E-state index contributed by atoms with van der Waals surface area (Å²) >= 11 is 0. The minimum Gasteiger partial charge on any atom is -0.461 e. The number of ketones is 1. The van der Waals surface area contributed by atoms with Crippen LogP contribution in [0.3, 0.4) is 0 Å². The summed E-state index contributed by atoms with van der Waals surface area (Å²) in [6.07, 6.45) is 0.177. The predicted molar refractivity (Wildman–Crippen MR) is 77.7 cm³/mol. The van der Waals surface area contributed by atoms with Gasteiger partial charge in [0.05, 0.1) is 6.61 Å². The average Bonchev–Trinajstić information content (AvgIpc) is 2.42. The Kier molecular flexibility index (Phi) is 6.72. The van der Waals surface area contributed by atoms with Crippen LogP contribution in [0.5, 0.6) is 0 Å². The molecule has 0 radical (unpaired) electrons. The Bertz CT molecular complexity index is 576. The van der Waals surface area contributed by atoms with Crippen molar-refractivity contribution in [3.8, 4) is 0 Å². The van der Waals surface area contributed by atoms with Crippen LogP contribution in [0.25, 0.3) is 0 Å². The fraction of sp³-hybridized carbons (Fsp3) is 0.438. The number of hydrogen-bond acceptors (Lipinski definition) is 6. The van der Waals surface area contributed by atoms with Crippen molar-refractivity contribution in [1.82, 2.24) is 0 Å². The van der Waals surface area contributed by atoms with Gasteiger partial charge in [-0.15, -0.1) is 0 Å². The van der Waals surface area contributed by atoms with E-state index in [1.165, 1.54) is 20.8 Å². The Morgan fingerprint density at radius 3 is 1.68 bits per heavy atom. The molecule has 0 heterocycles. The summed E-state index contributed by atoms with van der Waals surface area (Å²) < 4.78 is 9.95. The number of hydrogen-bond donors (Lipinski definition) is 1. The van der Waals surface area contributed by atoms with Gasteiger partial charge in [-0.25, -0.2) is 0 Å². The molecule has 0 aromatic heterocycles. The van der Waals surface area contributed by atoms with Crippen molar-refractivity contribution in [2.45, 2.75) is 47.0 Å². The van der Waals surface area contributed by atoms with E-state index in [4.69, 9.17) is 9.47 Å². The lowest BCUT2D eigenvalue weighted by molar-refractivity contribution is -0.143. The Morgan fingerprint density at radius 1 is 0.864 bits per heavy atom. The molecule has 1 rings (SSSR count). The molecule has 0 amide bonds. The summed E-state index contributed by atoms with van der Waals surface area (Å²) in [5, 5.41) is 9.44. The maximum atomic E-state index is 11.3. The normalized spacial score (nSPS) is 10.2. The molecule has 1 aromatic carbocycles. The van der Waals surface area contributed by atoms with Crippen molar-refractivity contribution < 1.29 is 29.0 Å².